The second-order valence-corrected chi connectivity index (χ2v) is 4.06. The average molecular weight is 241 g/mol. The first-order valence-electron chi connectivity index (χ1n) is 4.74. The van der Waals surface area contributed by atoms with Crippen LogP contribution in [0.15, 0.2) is 12.1 Å². The van der Waals surface area contributed by atoms with Gasteiger partial charge in [0.15, 0.2) is 0 Å². The molecule has 2 aromatic rings. The summed E-state index contributed by atoms with van der Waals surface area (Å²) in [6.45, 7) is 1.76. The van der Waals surface area contributed by atoms with Gasteiger partial charge in [0.2, 0.25) is 5.91 Å². The first kappa shape index (κ1) is 11.0. The first-order chi connectivity index (χ1) is 7.50. The van der Waals surface area contributed by atoms with Crippen LogP contribution in [-0.4, -0.2) is 10.9 Å². The number of H-pyrrole nitrogens is 1. The number of nitrogens with two attached hydrogens (primary N) is 1. The lowest BCUT2D eigenvalue weighted by Crippen LogP contribution is -2.14. The van der Waals surface area contributed by atoms with Gasteiger partial charge in [0.05, 0.1) is 17.0 Å². The molecule has 3 nitrogen and oxygen atoms in total. The molecular formula is C11H10ClFN2O. The second kappa shape index (κ2) is 3.79. The number of aryl methyl sites for hydroxylation is 1. The van der Waals surface area contributed by atoms with Gasteiger partial charge in [-0.1, -0.05) is 11.6 Å². The summed E-state index contributed by atoms with van der Waals surface area (Å²) in [6, 6.07) is 2.76. The lowest BCUT2D eigenvalue weighted by molar-refractivity contribution is -0.117. The number of benzene rings is 1. The van der Waals surface area contributed by atoms with E-state index in [1.807, 2.05) is 0 Å². The zero-order chi connectivity index (χ0) is 11.9. The molecular weight excluding hydrogens is 231 g/mol. The van der Waals surface area contributed by atoms with Crippen LogP contribution in [0.1, 0.15) is 11.3 Å². The van der Waals surface area contributed by atoms with Crippen LogP contribution < -0.4 is 5.73 Å². The number of fused-ring (bicyclic) bond motifs is 1. The largest absolute Gasteiger partial charge is 0.369 e. The molecule has 0 saturated heterocycles. The summed E-state index contributed by atoms with van der Waals surface area (Å²) in [5.74, 6) is -0.859. The third kappa shape index (κ3) is 1.65. The zero-order valence-electron chi connectivity index (χ0n) is 8.60. The van der Waals surface area contributed by atoms with Crippen molar-refractivity contribution in [1.29, 1.82) is 0 Å². The number of nitrogens with one attached hydrogen (secondary N) is 1. The maximum atomic E-state index is 13.5. The van der Waals surface area contributed by atoms with E-state index in [0.29, 0.717) is 27.2 Å². The monoisotopic (exact) mass is 240 g/mol. The molecule has 16 heavy (non-hydrogen) atoms. The molecule has 0 bridgehead atoms. The minimum absolute atomic E-state index is 0.0506. The number of amides is 1. The van der Waals surface area contributed by atoms with Gasteiger partial charge in [-0.2, -0.15) is 0 Å². The summed E-state index contributed by atoms with van der Waals surface area (Å²) in [4.78, 5) is 13.8. The molecule has 0 saturated carbocycles. The molecule has 0 atom stereocenters. The van der Waals surface area contributed by atoms with Crippen LogP contribution in [0.25, 0.3) is 10.9 Å². The quantitative estimate of drug-likeness (QED) is 0.831. The molecule has 3 N–H and O–H groups in total. The average Bonchev–Trinajstić information content (AvgIpc) is 2.51. The van der Waals surface area contributed by atoms with Crippen LogP contribution in [0.4, 0.5) is 4.39 Å². The number of aromatic amines is 1. The molecule has 0 aliphatic rings. The normalized spacial score (nSPS) is 10.9. The van der Waals surface area contributed by atoms with Gasteiger partial charge >= 0.3 is 0 Å². The Kier molecular flexibility index (Phi) is 2.59. The lowest BCUT2D eigenvalue weighted by atomic mass is 10.1. The molecule has 1 aromatic carbocycles. The van der Waals surface area contributed by atoms with Gasteiger partial charge in [-0.3, -0.25) is 4.79 Å². The second-order valence-electron chi connectivity index (χ2n) is 3.65. The maximum Gasteiger partial charge on any atom is 0.221 e. The number of hydrogen-bond donors (Lipinski definition) is 2. The summed E-state index contributed by atoms with van der Waals surface area (Å²) in [5.41, 5.74) is 6.83. The van der Waals surface area contributed by atoms with Gasteiger partial charge in [0.1, 0.15) is 5.82 Å². The van der Waals surface area contributed by atoms with Crippen molar-refractivity contribution in [3.63, 3.8) is 0 Å². The standard InChI is InChI=1S/C11H10ClFN2O/c1-5-6(4-9(14)16)10-7(12)2-3-8(13)11(10)15-5/h2-3,15H,4H2,1H3,(H2,14,16). The van der Waals surface area contributed by atoms with Crippen LogP contribution >= 0.6 is 11.6 Å². The van der Waals surface area contributed by atoms with Gasteiger partial charge in [-0.25, -0.2) is 4.39 Å². The number of aromatic nitrogens is 1. The molecule has 0 aliphatic heterocycles. The van der Waals surface area contributed by atoms with E-state index >= 15 is 0 Å². The number of carbonyl (C=O) groups excluding carboxylic acids is 1. The SMILES string of the molecule is Cc1[nH]c2c(F)ccc(Cl)c2c1CC(N)=O. The summed E-state index contributed by atoms with van der Waals surface area (Å²) in [5, 5.41) is 0.954. The van der Waals surface area contributed by atoms with E-state index in [-0.39, 0.29) is 6.42 Å². The molecule has 1 heterocycles. The highest BCUT2D eigenvalue weighted by atomic mass is 35.5. The summed E-state index contributed by atoms with van der Waals surface area (Å²) < 4.78 is 13.5. The molecule has 5 heteroatoms. The van der Waals surface area contributed by atoms with Gasteiger partial charge in [-0.05, 0) is 24.6 Å². The molecule has 2 rings (SSSR count). The number of carbonyl (C=O) groups is 1. The Morgan fingerprint density at radius 3 is 2.88 bits per heavy atom. The number of hydrogen-bond acceptors (Lipinski definition) is 1. The molecule has 1 amide bonds. The zero-order valence-corrected chi connectivity index (χ0v) is 9.36. The Morgan fingerprint density at radius 1 is 1.56 bits per heavy atom. The Labute approximate surface area is 96.4 Å². The van der Waals surface area contributed by atoms with Crippen molar-refractivity contribution in [2.45, 2.75) is 13.3 Å². The van der Waals surface area contributed by atoms with Crippen molar-refractivity contribution in [3.8, 4) is 0 Å². The molecule has 84 valence electrons. The Morgan fingerprint density at radius 2 is 2.25 bits per heavy atom. The highest BCUT2D eigenvalue weighted by Gasteiger charge is 2.15. The third-order valence-corrected chi connectivity index (χ3v) is 2.84. The van der Waals surface area contributed by atoms with E-state index in [1.54, 1.807) is 6.92 Å². The van der Waals surface area contributed by atoms with Crippen molar-refractivity contribution in [1.82, 2.24) is 4.98 Å². The van der Waals surface area contributed by atoms with E-state index in [4.69, 9.17) is 17.3 Å². The topological polar surface area (TPSA) is 58.9 Å². The minimum atomic E-state index is -0.468. The highest BCUT2D eigenvalue weighted by Crippen LogP contribution is 2.31. The Bertz CT molecular complexity index is 577. The fourth-order valence-electron chi connectivity index (χ4n) is 1.81. The third-order valence-electron chi connectivity index (χ3n) is 2.52. The van der Waals surface area contributed by atoms with Gasteiger partial charge < -0.3 is 10.7 Å². The Hall–Kier alpha value is -1.55. The van der Waals surface area contributed by atoms with E-state index < -0.39 is 11.7 Å². The fourth-order valence-corrected chi connectivity index (χ4v) is 2.09. The number of halogens is 2. The predicted octanol–water partition coefficient (Wildman–Crippen LogP) is 2.30. The van der Waals surface area contributed by atoms with Crippen molar-refractivity contribution >= 4 is 28.4 Å². The van der Waals surface area contributed by atoms with Crippen LogP contribution in [-0.2, 0) is 11.2 Å². The van der Waals surface area contributed by atoms with Crippen molar-refractivity contribution in [2.24, 2.45) is 5.73 Å². The van der Waals surface area contributed by atoms with E-state index in [9.17, 15) is 9.18 Å². The van der Waals surface area contributed by atoms with Gasteiger partial charge in [0.25, 0.3) is 0 Å². The van der Waals surface area contributed by atoms with Gasteiger partial charge in [0, 0.05) is 11.1 Å². The van der Waals surface area contributed by atoms with E-state index in [0.717, 1.165) is 0 Å². The maximum absolute atomic E-state index is 13.5. The van der Waals surface area contributed by atoms with E-state index in [2.05, 4.69) is 4.98 Å². The van der Waals surface area contributed by atoms with Crippen LogP contribution in [0.2, 0.25) is 5.02 Å². The predicted molar refractivity (Wildman–Crippen MR) is 60.9 cm³/mol. The smallest absolute Gasteiger partial charge is 0.221 e. The summed E-state index contributed by atoms with van der Waals surface area (Å²) >= 11 is 5.99. The summed E-state index contributed by atoms with van der Waals surface area (Å²) in [6.07, 6.45) is 0.0506. The van der Waals surface area contributed by atoms with Crippen molar-refractivity contribution in [2.75, 3.05) is 0 Å². The first-order valence-corrected chi connectivity index (χ1v) is 5.12. The minimum Gasteiger partial charge on any atom is -0.369 e. The van der Waals surface area contributed by atoms with Crippen LogP contribution in [0.5, 0.6) is 0 Å². The molecule has 0 radical (unpaired) electrons. The molecule has 0 unspecified atom stereocenters. The Balaban J connectivity index is 2.77. The number of rotatable bonds is 2. The van der Waals surface area contributed by atoms with Crippen LogP contribution in [0, 0.1) is 12.7 Å². The van der Waals surface area contributed by atoms with E-state index in [1.165, 1.54) is 12.1 Å². The fraction of sp³-hybridized carbons (Fsp3) is 0.182. The van der Waals surface area contributed by atoms with Crippen LogP contribution in [0.3, 0.4) is 0 Å². The van der Waals surface area contributed by atoms with Gasteiger partial charge in [-0.15, -0.1) is 0 Å². The molecule has 1 aromatic heterocycles. The highest BCUT2D eigenvalue weighted by molar-refractivity contribution is 6.35. The molecule has 0 fully saturated rings. The van der Waals surface area contributed by atoms with Crippen molar-refractivity contribution < 1.29 is 9.18 Å². The molecule has 0 spiro atoms. The number of primary amides is 1. The van der Waals surface area contributed by atoms with Crippen molar-refractivity contribution in [3.05, 3.63) is 34.2 Å². The lowest BCUT2D eigenvalue weighted by Gasteiger charge is -2.00. The molecule has 0 aliphatic carbocycles. The summed E-state index contributed by atoms with van der Waals surface area (Å²) in [7, 11) is 0.